The molecule has 0 aromatic heterocycles. The SMILES string of the molecule is C=CCN(CCC(=O)Nc1ccc(C)c(C)c1)S(C)(=O)=O. The summed E-state index contributed by atoms with van der Waals surface area (Å²) in [5, 5.41) is 2.77. The number of carbonyl (C=O) groups is 1. The summed E-state index contributed by atoms with van der Waals surface area (Å²) < 4.78 is 24.3. The lowest BCUT2D eigenvalue weighted by Gasteiger charge is -2.17. The molecule has 1 aromatic carbocycles. The van der Waals surface area contributed by atoms with Crippen LogP contribution in [0.5, 0.6) is 0 Å². The first-order valence-electron chi connectivity index (χ1n) is 6.67. The number of carbonyl (C=O) groups excluding carboxylic acids is 1. The third kappa shape index (κ3) is 5.69. The van der Waals surface area contributed by atoms with Crippen LogP contribution in [0.2, 0.25) is 0 Å². The number of amides is 1. The van der Waals surface area contributed by atoms with Crippen molar-refractivity contribution in [3.8, 4) is 0 Å². The van der Waals surface area contributed by atoms with Gasteiger partial charge in [0.2, 0.25) is 15.9 Å². The van der Waals surface area contributed by atoms with E-state index in [1.807, 2.05) is 32.0 Å². The summed E-state index contributed by atoms with van der Waals surface area (Å²) in [6, 6.07) is 5.66. The second-order valence-corrected chi connectivity index (χ2v) is 6.99. The average Bonchev–Trinajstić information content (AvgIpc) is 2.37. The average molecular weight is 310 g/mol. The van der Waals surface area contributed by atoms with Crippen molar-refractivity contribution in [2.75, 3.05) is 24.7 Å². The van der Waals surface area contributed by atoms with E-state index in [-0.39, 0.29) is 25.4 Å². The third-order valence-electron chi connectivity index (χ3n) is 3.18. The van der Waals surface area contributed by atoms with Gasteiger partial charge in [0, 0.05) is 25.2 Å². The molecule has 0 aliphatic carbocycles. The smallest absolute Gasteiger partial charge is 0.225 e. The highest BCUT2D eigenvalue weighted by Gasteiger charge is 2.16. The van der Waals surface area contributed by atoms with Gasteiger partial charge in [0.15, 0.2) is 0 Å². The molecule has 1 amide bonds. The van der Waals surface area contributed by atoms with E-state index in [2.05, 4.69) is 11.9 Å². The second-order valence-electron chi connectivity index (χ2n) is 5.01. The Morgan fingerprint density at radius 2 is 2.00 bits per heavy atom. The number of nitrogens with one attached hydrogen (secondary N) is 1. The van der Waals surface area contributed by atoms with Crippen LogP contribution in [0.3, 0.4) is 0 Å². The van der Waals surface area contributed by atoms with Crippen LogP contribution in [-0.2, 0) is 14.8 Å². The molecule has 5 nitrogen and oxygen atoms in total. The fourth-order valence-corrected chi connectivity index (χ4v) is 2.60. The van der Waals surface area contributed by atoms with Gasteiger partial charge in [-0.2, -0.15) is 4.31 Å². The fraction of sp³-hybridized carbons (Fsp3) is 0.400. The highest BCUT2D eigenvalue weighted by Crippen LogP contribution is 2.14. The maximum absolute atomic E-state index is 11.9. The van der Waals surface area contributed by atoms with Gasteiger partial charge in [-0.15, -0.1) is 6.58 Å². The zero-order chi connectivity index (χ0) is 16.0. The topological polar surface area (TPSA) is 66.5 Å². The Labute approximate surface area is 126 Å². The van der Waals surface area contributed by atoms with Gasteiger partial charge in [-0.1, -0.05) is 12.1 Å². The third-order valence-corrected chi connectivity index (χ3v) is 4.45. The van der Waals surface area contributed by atoms with E-state index < -0.39 is 10.0 Å². The summed E-state index contributed by atoms with van der Waals surface area (Å²) in [6.45, 7) is 7.84. The molecule has 0 saturated heterocycles. The highest BCUT2D eigenvalue weighted by molar-refractivity contribution is 7.88. The van der Waals surface area contributed by atoms with Crippen molar-refractivity contribution in [3.05, 3.63) is 42.0 Å². The number of benzene rings is 1. The largest absolute Gasteiger partial charge is 0.326 e. The Hall–Kier alpha value is -1.66. The molecule has 0 bridgehead atoms. The molecule has 0 fully saturated rings. The summed E-state index contributed by atoms with van der Waals surface area (Å²) in [5.41, 5.74) is 2.97. The van der Waals surface area contributed by atoms with E-state index in [4.69, 9.17) is 0 Å². The minimum absolute atomic E-state index is 0.105. The molecule has 21 heavy (non-hydrogen) atoms. The Kier molecular flexibility index (Phi) is 6.11. The lowest BCUT2D eigenvalue weighted by Crippen LogP contribution is -2.33. The number of anilines is 1. The molecule has 1 aromatic rings. The van der Waals surface area contributed by atoms with Crippen molar-refractivity contribution in [1.82, 2.24) is 4.31 Å². The van der Waals surface area contributed by atoms with Crippen LogP contribution in [0.1, 0.15) is 17.5 Å². The Bertz CT molecular complexity index is 624. The van der Waals surface area contributed by atoms with Gasteiger partial charge in [-0.3, -0.25) is 4.79 Å². The van der Waals surface area contributed by atoms with Crippen LogP contribution >= 0.6 is 0 Å². The lowest BCUT2D eigenvalue weighted by molar-refractivity contribution is -0.116. The van der Waals surface area contributed by atoms with Crippen molar-refractivity contribution in [2.24, 2.45) is 0 Å². The number of hydrogen-bond donors (Lipinski definition) is 1. The number of rotatable bonds is 7. The fourth-order valence-electron chi connectivity index (χ4n) is 1.81. The molecule has 0 spiro atoms. The minimum atomic E-state index is -3.33. The first-order chi connectivity index (χ1) is 9.74. The van der Waals surface area contributed by atoms with Gasteiger partial charge in [-0.25, -0.2) is 8.42 Å². The van der Waals surface area contributed by atoms with Crippen LogP contribution < -0.4 is 5.32 Å². The van der Waals surface area contributed by atoms with E-state index in [0.29, 0.717) is 0 Å². The predicted molar refractivity (Wildman–Crippen MR) is 85.8 cm³/mol. The monoisotopic (exact) mass is 310 g/mol. The van der Waals surface area contributed by atoms with Gasteiger partial charge < -0.3 is 5.32 Å². The molecule has 0 heterocycles. The minimum Gasteiger partial charge on any atom is -0.326 e. The quantitative estimate of drug-likeness (QED) is 0.784. The highest BCUT2D eigenvalue weighted by atomic mass is 32.2. The van der Waals surface area contributed by atoms with Gasteiger partial charge in [0.25, 0.3) is 0 Å². The van der Waals surface area contributed by atoms with Crippen molar-refractivity contribution in [2.45, 2.75) is 20.3 Å². The van der Waals surface area contributed by atoms with Crippen LogP contribution in [0.25, 0.3) is 0 Å². The van der Waals surface area contributed by atoms with Gasteiger partial charge in [-0.05, 0) is 37.1 Å². The van der Waals surface area contributed by atoms with E-state index in [9.17, 15) is 13.2 Å². The molecular weight excluding hydrogens is 288 g/mol. The van der Waals surface area contributed by atoms with Crippen molar-refractivity contribution < 1.29 is 13.2 Å². The first-order valence-corrected chi connectivity index (χ1v) is 8.52. The summed E-state index contributed by atoms with van der Waals surface area (Å²) in [7, 11) is -3.33. The van der Waals surface area contributed by atoms with Gasteiger partial charge in [0.1, 0.15) is 0 Å². The molecule has 1 N–H and O–H groups in total. The van der Waals surface area contributed by atoms with Gasteiger partial charge >= 0.3 is 0 Å². The zero-order valence-corrected chi connectivity index (χ0v) is 13.5. The zero-order valence-electron chi connectivity index (χ0n) is 12.7. The number of aryl methyl sites for hydroxylation is 2. The summed E-state index contributed by atoms with van der Waals surface area (Å²) >= 11 is 0. The van der Waals surface area contributed by atoms with Crippen molar-refractivity contribution in [1.29, 1.82) is 0 Å². The molecule has 6 heteroatoms. The summed E-state index contributed by atoms with van der Waals surface area (Å²) in [5.74, 6) is -0.212. The van der Waals surface area contributed by atoms with Crippen molar-refractivity contribution >= 4 is 21.6 Å². The maximum atomic E-state index is 11.9. The van der Waals surface area contributed by atoms with Crippen LogP contribution in [-0.4, -0.2) is 38.0 Å². The van der Waals surface area contributed by atoms with Crippen LogP contribution in [0, 0.1) is 13.8 Å². The Balaban J connectivity index is 2.60. The Morgan fingerprint density at radius 1 is 1.33 bits per heavy atom. The van der Waals surface area contributed by atoms with E-state index in [1.165, 1.54) is 10.4 Å². The predicted octanol–water partition coefficient (Wildman–Crippen LogP) is 2.08. The lowest BCUT2D eigenvalue weighted by atomic mass is 10.1. The number of nitrogens with zero attached hydrogens (tertiary/aromatic N) is 1. The molecule has 0 unspecified atom stereocenters. The van der Waals surface area contributed by atoms with E-state index in [0.717, 1.165) is 23.1 Å². The normalized spacial score (nSPS) is 11.4. The molecule has 0 atom stereocenters. The van der Waals surface area contributed by atoms with Crippen LogP contribution in [0.4, 0.5) is 5.69 Å². The van der Waals surface area contributed by atoms with Crippen LogP contribution in [0.15, 0.2) is 30.9 Å². The van der Waals surface area contributed by atoms with Gasteiger partial charge in [0.05, 0.1) is 6.26 Å². The van der Waals surface area contributed by atoms with Crippen molar-refractivity contribution in [3.63, 3.8) is 0 Å². The molecule has 1 rings (SSSR count). The Morgan fingerprint density at radius 3 is 2.52 bits per heavy atom. The first kappa shape index (κ1) is 17.4. The number of hydrogen-bond acceptors (Lipinski definition) is 3. The molecular formula is C15H22N2O3S. The molecule has 116 valence electrons. The summed E-state index contributed by atoms with van der Waals surface area (Å²) in [6.07, 6.45) is 2.73. The van der Waals surface area contributed by atoms with E-state index >= 15 is 0 Å². The standard InChI is InChI=1S/C15H22N2O3S/c1-5-9-17(21(4,19)20)10-8-15(18)16-14-7-6-12(2)13(3)11-14/h5-7,11H,1,8-10H2,2-4H3,(H,16,18). The number of sulfonamides is 1. The maximum Gasteiger partial charge on any atom is 0.225 e. The molecule has 0 aliphatic rings. The molecule has 0 radical (unpaired) electrons. The molecule has 0 aliphatic heterocycles. The molecule has 0 saturated carbocycles. The second kappa shape index (κ2) is 7.38. The summed E-state index contributed by atoms with van der Waals surface area (Å²) in [4.78, 5) is 11.9. The van der Waals surface area contributed by atoms with E-state index in [1.54, 1.807) is 0 Å².